The Morgan fingerprint density at radius 2 is 0.793 bits per heavy atom. The number of rotatable bonds is 11. The molecule has 0 aliphatic rings. The van der Waals surface area contributed by atoms with E-state index in [2.05, 4.69) is 0 Å². The first-order valence-electron chi connectivity index (χ1n) is 9.39. The Morgan fingerprint density at radius 3 is 1.07 bits per heavy atom. The van der Waals surface area contributed by atoms with Gasteiger partial charge < -0.3 is 24.5 Å². The number of ketones is 1. The first-order chi connectivity index (χ1) is 13.3. The molecule has 0 radical (unpaired) electrons. The second-order valence-electron chi connectivity index (χ2n) is 7.86. The molecule has 0 bridgehead atoms. The first kappa shape index (κ1) is 26.5. The summed E-state index contributed by atoms with van der Waals surface area (Å²) in [5.41, 5.74) is 0. The highest BCUT2D eigenvalue weighted by Crippen LogP contribution is 1.99. The average molecular weight is 414 g/mol. The van der Waals surface area contributed by atoms with Crippen LogP contribution in [0.2, 0.25) is 0 Å². The maximum absolute atomic E-state index is 12.3. The lowest BCUT2D eigenvalue weighted by Gasteiger charge is -2.26. The van der Waals surface area contributed by atoms with E-state index in [0.717, 1.165) is 0 Å². The van der Waals surface area contributed by atoms with E-state index in [1.165, 1.54) is 47.8 Å². The third-order valence-electron chi connectivity index (χ3n) is 4.31. The molecule has 29 heavy (non-hydrogen) atoms. The van der Waals surface area contributed by atoms with Gasteiger partial charge in [-0.15, -0.1) is 0 Å². The minimum absolute atomic E-state index is 0.00969. The van der Waals surface area contributed by atoms with Crippen LogP contribution in [0.4, 0.5) is 0 Å². The van der Waals surface area contributed by atoms with Crippen LogP contribution in [0, 0.1) is 5.92 Å². The largest absolute Gasteiger partial charge is 0.337 e. The zero-order chi connectivity index (χ0) is 22.9. The molecule has 0 heterocycles. The zero-order valence-corrected chi connectivity index (χ0v) is 18.9. The number of nitrogens with zero attached hydrogens (tertiary/aromatic N) is 5. The van der Waals surface area contributed by atoms with Crippen LogP contribution in [0.25, 0.3) is 0 Å². The molecule has 4 amide bonds. The van der Waals surface area contributed by atoms with E-state index < -0.39 is 5.91 Å². The number of carbonyl (C=O) groups is 5. The molecular weight excluding hydrogens is 378 g/mol. The monoisotopic (exact) mass is 413 g/mol. The second-order valence-corrected chi connectivity index (χ2v) is 7.86. The lowest BCUT2D eigenvalue weighted by molar-refractivity contribution is -0.144. The van der Waals surface area contributed by atoms with E-state index in [-0.39, 0.29) is 62.1 Å². The van der Waals surface area contributed by atoms with Crippen molar-refractivity contribution in [1.29, 1.82) is 0 Å². The number of carbonyl (C=O) groups excluding carboxylic acids is 5. The van der Waals surface area contributed by atoms with E-state index in [0.29, 0.717) is 0 Å². The van der Waals surface area contributed by atoms with Gasteiger partial charge in [-0.2, -0.15) is 0 Å². The molecule has 10 nitrogen and oxygen atoms in total. The smallest absolute Gasteiger partial charge is 0.242 e. The second kappa shape index (κ2) is 12.2. The van der Waals surface area contributed by atoms with Crippen molar-refractivity contribution in [1.82, 2.24) is 24.5 Å². The molecule has 0 fully saturated rings. The van der Waals surface area contributed by atoms with Crippen molar-refractivity contribution in [2.24, 2.45) is 5.92 Å². The van der Waals surface area contributed by atoms with Crippen LogP contribution in [-0.4, -0.2) is 129 Å². The number of hydrogen-bond acceptors (Lipinski definition) is 6. The van der Waals surface area contributed by atoms with Crippen molar-refractivity contribution in [3.63, 3.8) is 0 Å². The van der Waals surface area contributed by atoms with Gasteiger partial charge in [-0.05, 0) is 14.1 Å². The minimum Gasteiger partial charge on any atom is -0.337 e. The van der Waals surface area contributed by atoms with Crippen molar-refractivity contribution in [3.05, 3.63) is 0 Å². The van der Waals surface area contributed by atoms with Crippen molar-refractivity contribution in [2.45, 2.75) is 13.8 Å². The molecule has 0 saturated carbocycles. The van der Waals surface area contributed by atoms with Crippen molar-refractivity contribution in [3.8, 4) is 0 Å². The number of amides is 4. The van der Waals surface area contributed by atoms with E-state index >= 15 is 0 Å². The first-order valence-corrected chi connectivity index (χ1v) is 9.39. The summed E-state index contributed by atoms with van der Waals surface area (Å²) in [5, 5.41) is 0. The third kappa shape index (κ3) is 10.0. The van der Waals surface area contributed by atoms with E-state index in [4.69, 9.17) is 0 Å². The summed E-state index contributed by atoms with van der Waals surface area (Å²) in [5.74, 6) is -1.60. The molecule has 0 aromatic rings. The van der Waals surface area contributed by atoms with Crippen LogP contribution in [-0.2, 0) is 24.0 Å². The lowest BCUT2D eigenvalue weighted by Crippen LogP contribution is -2.47. The van der Waals surface area contributed by atoms with Gasteiger partial charge in [0.1, 0.15) is 0 Å². The highest BCUT2D eigenvalue weighted by molar-refractivity contribution is 5.91. The van der Waals surface area contributed by atoms with Gasteiger partial charge in [-0.25, -0.2) is 0 Å². The fourth-order valence-corrected chi connectivity index (χ4v) is 2.13. The van der Waals surface area contributed by atoms with Crippen LogP contribution in [0.3, 0.4) is 0 Å². The Morgan fingerprint density at radius 1 is 0.517 bits per heavy atom. The van der Waals surface area contributed by atoms with Crippen molar-refractivity contribution in [2.75, 3.05) is 75.0 Å². The van der Waals surface area contributed by atoms with Gasteiger partial charge in [0.2, 0.25) is 23.6 Å². The Kier molecular flexibility index (Phi) is 11.1. The van der Waals surface area contributed by atoms with Gasteiger partial charge in [0.25, 0.3) is 0 Å². The minimum atomic E-state index is -0.417. The normalized spacial score (nSPS) is 10.7. The Hall–Kier alpha value is -2.49. The van der Waals surface area contributed by atoms with Gasteiger partial charge in [0, 0.05) is 34.1 Å². The van der Waals surface area contributed by atoms with Crippen molar-refractivity contribution >= 4 is 29.4 Å². The van der Waals surface area contributed by atoms with Crippen LogP contribution in [0.1, 0.15) is 13.8 Å². The number of hydrogen-bond donors (Lipinski definition) is 0. The summed E-state index contributed by atoms with van der Waals surface area (Å²) in [6, 6.07) is 0. The lowest BCUT2D eigenvalue weighted by atomic mass is 10.1. The van der Waals surface area contributed by atoms with Gasteiger partial charge in [0.05, 0.1) is 32.7 Å². The van der Waals surface area contributed by atoms with Crippen molar-refractivity contribution < 1.29 is 24.0 Å². The number of likely N-dealkylation sites (N-methyl/N-ethyl adjacent to an activating group) is 5. The van der Waals surface area contributed by atoms with Gasteiger partial charge in [-0.1, -0.05) is 13.8 Å². The Balaban J connectivity index is 4.58. The molecule has 166 valence electrons. The highest BCUT2D eigenvalue weighted by atomic mass is 16.2. The highest BCUT2D eigenvalue weighted by Gasteiger charge is 2.22. The molecular formula is C19H35N5O5. The Bertz CT molecular complexity index is 620. The van der Waals surface area contributed by atoms with E-state index in [9.17, 15) is 24.0 Å². The molecule has 0 atom stereocenters. The van der Waals surface area contributed by atoms with E-state index in [1.54, 1.807) is 32.8 Å². The van der Waals surface area contributed by atoms with Crippen LogP contribution in [0.15, 0.2) is 0 Å². The summed E-state index contributed by atoms with van der Waals surface area (Å²) in [4.78, 5) is 67.1. The zero-order valence-electron chi connectivity index (χ0n) is 18.9. The topological polar surface area (TPSA) is 102 Å². The maximum atomic E-state index is 12.3. The molecule has 0 aliphatic carbocycles. The molecule has 0 N–H and O–H groups in total. The fraction of sp³-hybridized carbons (Fsp3) is 0.737. The van der Waals surface area contributed by atoms with Gasteiger partial charge >= 0.3 is 0 Å². The summed E-state index contributed by atoms with van der Waals surface area (Å²) < 4.78 is 0. The molecule has 0 aromatic heterocycles. The van der Waals surface area contributed by atoms with Gasteiger partial charge in [-0.3, -0.25) is 24.0 Å². The maximum Gasteiger partial charge on any atom is 0.242 e. The summed E-state index contributed by atoms with van der Waals surface area (Å²) in [6.07, 6.45) is 0. The Labute approximate surface area is 173 Å². The SMILES string of the molecule is CC(C)C(=O)CN(C)C(=O)CN(C)C(=O)CN(C)C(=O)CN(C)C(=O)CN(C)C. The van der Waals surface area contributed by atoms with Gasteiger partial charge in [0.15, 0.2) is 5.78 Å². The molecule has 10 heteroatoms. The molecule has 0 aliphatic heterocycles. The summed E-state index contributed by atoms with van der Waals surface area (Å²) in [7, 11) is 9.48. The van der Waals surface area contributed by atoms with Crippen LogP contribution in [0.5, 0.6) is 0 Å². The molecule has 0 rings (SSSR count). The van der Waals surface area contributed by atoms with Crippen LogP contribution < -0.4 is 0 Å². The molecule has 0 spiro atoms. The summed E-state index contributed by atoms with van der Waals surface area (Å²) in [6.45, 7) is 3.15. The molecule has 0 saturated heterocycles. The third-order valence-corrected chi connectivity index (χ3v) is 4.31. The predicted molar refractivity (Wildman–Crippen MR) is 109 cm³/mol. The molecule has 0 unspecified atom stereocenters. The summed E-state index contributed by atoms with van der Waals surface area (Å²) >= 11 is 0. The quantitative estimate of drug-likeness (QED) is 0.413. The van der Waals surface area contributed by atoms with E-state index in [1.807, 2.05) is 0 Å². The average Bonchev–Trinajstić information content (AvgIpc) is 2.60. The van der Waals surface area contributed by atoms with Crippen LogP contribution >= 0.6 is 0 Å². The molecule has 0 aromatic carbocycles. The number of Topliss-reactive ketones (excluding diaryl/α,β-unsaturated/α-hetero) is 1. The standard InChI is InChI=1S/C19H35N5O5/c1-14(2)15(25)9-21(5)17(27)11-23(7)19(29)13-24(8)18(28)12-22(6)16(26)10-20(3)4/h14H,9-13H2,1-8H3. The predicted octanol–water partition coefficient (Wildman–Crippen LogP) is -1.39. The fourth-order valence-electron chi connectivity index (χ4n) is 2.13.